The zero-order chi connectivity index (χ0) is 19.7. The van der Waals surface area contributed by atoms with Crippen LogP contribution in [-0.2, 0) is 17.8 Å². The summed E-state index contributed by atoms with van der Waals surface area (Å²) in [5.74, 6) is -1.11. The van der Waals surface area contributed by atoms with Crippen LogP contribution in [0, 0.1) is 11.7 Å². The molecular weight excluding hydrogens is 355 g/mol. The number of nitrogens with zero attached hydrogens (tertiary/aromatic N) is 2. The lowest BCUT2D eigenvalue weighted by Gasteiger charge is -2.26. The van der Waals surface area contributed by atoms with Gasteiger partial charge in [0, 0.05) is 0 Å². The third kappa shape index (κ3) is 3.20. The van der Waals surface area contributed by atoms with Crippen molar-refractivity contribution < 1.29 is 18.6 Å². The molecule has 140 valence electrons. The molecule has 2 aliphatic rings. The molecule has 1 aliphatic heterocycles. The first kappa shape index (κ1) is 18.0. The zero-order valence-corrected chi connectivity index (χ0v) is 15.5. The van der Waals surface area contributed by atoms with Crippen molar-refractivity contribution in [3.8, 4) is 0 Å². The van der Waals surface area contributed by atoms with Crippen molar-refractivity contribution in [2.45, 2.75) is 19.9 Å². The van der Waals surface area contributed by atoms with Crippen LogP contribution >= 0.6 is 0 Å². The van der Waals surface area contributed by atoms with Crippen LogP contribution < -0.4 is 4.90 Å². The van der Waals surface area contributed by atoms with Crippen molar-refractivity contribution in [2.75, 3.05) is 4.90 Å². The molecule has 2 aromatic rings. The Balaban J connectivity index is 1.76. The molecule has 0 aromatic heterocycles. The average molecular weight is 375 g/mol. The van der Waals surface area contributed by atoms with Crippen molar-refractivity contribution in [2.24, 2.45) is 5.92 Å². The molecule has 1 heterocycles. The zero-order valence-electron chi connectivity index (χ0n) is 15.5. The van der Waals surface area contributed by atoms with Gasteiger partial charge in [0.25, 0.3) is 0 Å². The maximum absolute atomic E-state index is 13.3. The predicted octanol–water partition coefficient (Wildman–Crippen LogP) is 4.25. The summed E-state index contributed by atoms with van der Waals surface area (Å²) in [6.45, 7) is 2.32. The highest BCUT2D eigenvalue weighted by Gasteiger charge is 2.47. The second kappa shape index (κ2) is 7.35. The number of fused-ring (bicyclic) bond motifs is 1. The van der Waals surface area contributed by atoms with Crippen molar-refractivity contribution in [3.63, 3.8) is 0 Å². The van der Waals surface area contributed by atoms with E-state index in [1.54, 1.807) is 41.0 Å². The van der Waals surface area contributed by atoms with E-state index in [2.05, 4.69) is 6.92 Å². The van der Waals surface area contributed by atoms with Crippen LogP contribution in [0.1, 0.15) is 18.1 Å². The van der Waals surface area contributed by atoms with Crippen LogP contribution in [-0.4, -0.2) is 22.2 Å². The van der Waals surface area contributed by atoms with Crippen LogP contribution in [0.4, 0.5) is 14.9 Å². The van der Waals surface area contributed by atoms with Gasteiger partial charge in [-0.1, -0.05) is 49.4 Å². The molecule has 4 rings (SSSR count). The minimum Gasteiger partial charge on any atom is -0.245 e. The summed E-state index contributed by atoms with van der Waals surface area (Å²) in [7, 11) is 0. The number of rotatable bonds is 4. The van der Waals surface area contributed by atoms with Crippen LogP contribution in [0.15, 0.2) is 72.8 Å². The minimum absolute atomic E-state index is 0.264. The molecule has 5 heteroatoms. The smallest absolute Gasteiger partial charge is 0.245 e. The van der Waals surface area contributed by atoms with Gasteiger partial charge in [-0.25, -0.2) is 9.18 Å². The highest BCUT2D eigenvalue weighted by molar-refractivity contribution is 6.25. The minimum atomic E-state index is -0.519. The molecule has 0 fully saturated rings. The largest absolute Gasteiger partial charge is 0.506 e. The predicted molar refractivity (Wildman–Crippen MR) is 106 cm³/mol. The van der Waals surface area contributed by atoms with Crippen LogP contribution in [0.5, 0.6) is 0 Å². The van der Waals surface area contributed by atoms with Gasteiger partial charge < -0.3 is 0 Å². The number of hydrogen-bond acceptors (Lipinski definition) is 2. The monoisotopic (exact) mass is 375 g/mol. The van der Waals surface area contributed by atoms with Gasteiger partial charge in [-0.3, -0.25) is 0 Å². The Kier molecular flexibility index (Phi) is 4.74. The van der Waals surface area contributed by atoms with E-state index in [1.807, 2.05) is 24.3 Å². The molecule has 3 amide bonds. The fraction of sp³-hybridized carbons (Fsp3) is 0.174. The molecule has 0 saturated carbocycles. The highest BCUT2D eigenvalue weighted by Crippen LogP contribution is 2.26. The molecule has 28 heavy (non-hydrogen) atoms. The molecule has 2 aromatic carbocycles. The number of urea groups is 1. The summed E-state index contributed by atoms with van der Waals surface area (Å²) in [6.07, 6.45) is 8.11. The van der Waals surface area contributed by atoms with Crippen molar-refractivity contribution >= 4 is 23.3 Å². The molecule has 1 atom stereocenters. The Morgan fingerprint density at radius 3 is 2.32 bits per heavy atom. The SMILES string of the molecule is CCc1ccc(N2C(=O)C3C=CC=CC3=[N+](Cc3ccc(F)cc3)C2=O)cc1. The van der Waals surface area contributed by atoms with Gasteiger partial charge in [-0.05, 0) is 47.9 Å². The Bertz CT molecular complexity index is 1020. The van der Waals surface area contributed by atoms with E-state index in [0.29, 0.717) is 11.4 Å². The lowest BCUT2D eigenvalue weighted by molar-refractivity contribution is -0.445. The number of aryl methyl sites for hydroxylation is 1. The number of carbonyl (C=O) groups excluding carboxylic acids is 2. The fourth-order valence-electron chi connectivity index (χ4n) is 3.51. The van der Waals surface area contributed by atoms with Crippen LogP contribution in [0.3, 0.4) is 0 Å². The highest BCUT2D eigenvalue weighted by atomic mass is 19.1. The van der Waals surface area contributed by atoms with E-state index < -0.39 is 11.9 Å². The maximum atomic E-state index is 13.3. The normalized spacial score (nSPS) is 18.6. The van der Waals surface area contributed by atoms with Crippen LogP contribution in [0.2, 0.25) is 0 Å². The first-order chi connectivity index (χ1) is 13.6. The Hall–Kier alpha value is -3.34. The Morgan fingerprint density at radius 1 is 0.964 bits per heavy atom. The summed E-state index contributed by atoms with van der Waals surface area (Å²) in [5.41, 5.74) is 3.12. The number of halogens is 1. The lowest BCUT2D eigenvalue weighted by atomic mass is 9.94. The maximum Gasteiger partial charge on any atom is 0.506 e. The van der Waals surface area contributed by atoms with Crippen molar-refractivity contribution in [1.82, 2.24) is 0 Å². The Morgan fingerprint density at radius 2 is 1.64 bits per heavy atom. The van der Waals surface area contributed by atoms with E-state index >= 15 is 0 Å². The first-order valence-electron chi connectivity index (χ1n) is 9.29. The number of carbonyl (C=O) groups is 2. The quantitative estimate of drug-likeness (QED) is 0.750. The molecule has 4 nitrogen and oxygen atoms in total. The number of anilines is 1. The van der Waals surface area contributed by atoms with E-state index in [4.69, 9.17) is 0 Å². The van der Waals surface area contributed by atoms with Crippen molar-refractivity contribution in [1.29, 1.82) is 0 Å². The van der Waals surface area contributed by atoms with E-state index in [1.165, 1.54) is 17.0 Å². The number of imide groups is 1. The van der Waals surface area contributed by atoms with Gasteiger partial charge in [0.05, 0.1) is 0 Å². The van der Waals surface area contributed by atoms with Gasteiger partial charge in [0.2, 0.25) is 0 Å². The third-order valence-corrected chi connectivity index (χ3v) is 5.08. The second-order valence-electron chi connectivity index (χ2n) is 6.84. The van der Waals surface area contributed by atoms with Gasteiger partial charge in [-0.15, -0.1) is 4.90 Å². The molecule has 0 bridgehead atoms. The van der Waals surface area contributed by atoms with Gasteiger partial charge in [0.1, 0.15) is 29.7 Å². The van der Waals surface area contributed by atoms with Gasteiger partial charge >= 0.3 is 11.9 Å². The molecule has 0 N–H and O–H groups in total. The van der Waals surface area contributed by atoms with Gasteiger partial charge in [-0.2, -0.15) is 9.37 Å². The Labute approximate surface area is 162 Å². The number of hydrogen-bond donors (Lipinski definition) is 0. The number of allylic oxidation sites excluding steroid dienone is 3. The topological polar surface area (TPSA) is 40.4 Å². The summed E-state index contributed by atoms with van der Waals surface area (Å²) >= 11 is 0. The molecule has 0 radical (unpaired) electrons. The van der Waals surface area contributed by atoms with Crippen LogP contribution in [0.25, 0.3) is 0 Å². The third-order valence-electron chi connectivity index (χ3n) is 5.08. The fourth-order valence-corrected chi connectivity index (χ4v) is 3.51. The van der Waals surface area contributed by atoms with E-state index in [-0.39, 0.29) is 18.3 Å². The van der Waals surface area contributed by atoms with E-state index in [9.17, 15) is 14.0 Å². The summed E-state index contributed by atoms with van der Waals surface area (Å²) in [5, 5.41) is 0. The molecular formula is C23H20FN2O2+. The lowest BCUT2D eigenvalue weighted by Crippen LogP contribution is -2.54. The number of benzene rings is 2. The standard InChI is InChI=1S/C23H20FN2O2/c1-2-16-9-13-19(14-10-16)26-22(27)20-5-3-4-6-21(20)25(23(26)28)15-17-7-11-18(24)12-8-17/h3-14,20H,2,15H2,1H3/q+1. The van der Waals surface area contributed by atoms with E-state index in [0.717, 1.165) is 17.5 Å². The molecule has 1 unspecified atom stereocenters. The first-order valence-corrected chi connectivity index (χ1v) is 9.29. The second-order valence-corrected chi connectivity index (χ2v) is 6.84. The molecule has 0 spiro atoms. The summed E-state index contributed by atoms with van der Waals surface area (Å²) in [6, 6.07) is 13.1. The number of amides is 3. The molecule has 0 saturated heterocycles. The summed E-state index contributed by atoms with van der Waals surface area (Å²) < 4.78 is 14.8. The molecule has 1 aliphatic carbocycles. The van der Waals surface area contributed by atoms with Crippen molar-refractivity contribution in [3.05, 3.63) is 89.8 Å². The summed E-state index contributed by atoms with van der Waals surface area (Å²) in [4.78, 5) is 27.6. The van der Waals surface area contributed by atoms with Gasteiger partial charge in [0.15, 0.2) is 0 Å². The average Bonchev–Trinajstić information content (AvgIpc) is 2.73.